The van der Waals surface area contributed by atoms with E-state index in [1.165, 1.54) is 0 Å². The Morgan fingerprint density at radius 3 is 2.31 bits per heavy atom. The van der Waals surface area contributed by atoms with Crippen LogP contribution in [0.2, 0.25) is 0 Å². The van der Waals surface area contributed by atoms with Crippen LogP contribution in [-0.2, 0) is 14.9 Å². The van der Waals surface area contributed by atoms with E-state index in [0.717, 1.165) is 6.42 Å². The highest BCUT2D eigenvalue weighted by molar-refractivity contribution is 7.85. The quantitative estimate of drug-likeness (QED) is 0.431. The molecule has 4 nitrogen and oxygen atoms in total. The van der Waals surface area contributed by atoms with Crippen molar-refractivity contribution < 1.29 is 17.7 Å². The van der Waals surface area contributed by atoms with E-state index in [1.807, 2.05) is 13.8 Å². The zero-order valence-corrected chi connectivity index (χ0v) is 9.51. The Balaban J connectivity index is -0.000000845. The van der Waals surface area contributed by atoms with Crippen molar-refractivity contribution in [2.75, 3.05) is 12.4 Å². The maximum atomic E-state index is 10.3. The van der Waals surface area contributed by atoms with Gasteiger partial charge in [0.1, 0.15) is 0 Å². The molecule has 1 unspecified atom stereocenters. The summed E-state index contributed by atoms with van der Waals surface area (Å²) in [5, 5.41) is 0. The molecule has 0 aliphatic carbocycles. The van der Waals surface area contributed by atoms with Gasteiger partial charge in [-0.15, -0.1) is 0 Å². The van der Waals surface area contributed by atoms with Crippen LogP contribution in [0, 0.1) is 5.92 Å². The van der Waals surface area contributed by atoms with E-state index in [1.54, 1.807) is 0 Å². The maximum absolute atomic E-state index is 10.3. The standard InChI is InChI=1S/C9H18O4S.2CH4/c1-4-8(2)9(3)13-6-5-7-14(10,11)12;;/h8H,3-7H2,1-2H3,(H,10,11,12);2*1H4. The first-order valence-corrected chi connectivity index (χ1v) is 6.24. The van der Waals surface area contributed by atoms with Crippen molar-refractivity contribution in [2.45, 2.75) is 41.5 Å². The Bertz CT molecular complexity index is 270. The lowest BCUT2D eigenvalue weighted by Crippen LogP contribution is -2.08. The molecule has 0 heterocycles. The number of ether oxygens (including phenoxy) is 1. The van der Waals surface area contributed by atoms with E-state index in [9.17, 15) is 8.42 Å². The molecular formula is C11H26O4S. The fraction of sp³-hybridized carbons (Fsp3) is 0.818. The normalized spacial score (nSPS) is 11.9. The smallest absolute Gasteiger partial charge is 0.264 e. The van der Waals surface area contributed by atoms with Gasteiger partial charge in [0.2, 0.25) is 0 Å². The molecular weight excluding hydrogens is 228 g/mol. The van der Waals surface area contributed by atoms with E-state index < -0.39 is 10.1 Å². The minimum absolute atomic E-state index is 0. The minimum atomic E-state index is -3.86. The zero-order valence-electron chi connectivity index (χ0n) is 8.69. The van der Waals surface area contributed by atoms with E-state index >= 15 is 0 Å². The summed E-state index contributed by atoms with van der Waals surface area (Å²) in [4.78, 5) is 0. The number of allylic oxidation sites excluding steroid dienone is 1. The van der Waals surface area contributed by atoms with Crippen LogP contribution in [0.25, 0.3) is 0 Å². The lowest BCUT2D eigenvalue weighted by molar-refractivity contribution is 0.181. The molecule has 0 saturated carbocycles. The molecule has 0 aromatic carbocycles. The lowest BCUT2D eigenvalue weighted by atomic mass is 10.1. The van der Waals surface area contributed by atoms with E-state index in [-0.39, 0.29) is 39.6 Å². The fourth-order valence-electron chi connectivity index (χ4n) is 0.815. The van der Waals surface area contributed by atoms with Crippen LogP contribution in [0.3, 0.4) is 0 Å². The minimum Gasteiger partial charge on any atom is -0.498 e. The first-order valence-electron chi connectivity index (χ1n) is 4.63. The predicted molar refractivity (Wildman–Crippen MR) is 69.0 cm³/mol. The molecule has 0 radical (unpaired) electrons. The molecule has 0 rings (SSSR count). The second kappa shape index (κ2) is 9.66. The van der Waals surface area contributed by atoms with Crippen molar-refractivity contribution in [1.29, 1.82) is 0 Å². The van der Waals surface area contributed by atoms with Crippen LogP contribution in [0.15, 0.2) is 12.3 Å². The number of hydrogen-bond donors (Lipinski definition) is 1. The topological polar surface area (TPSA) is 63.6 Å². The Morgan fingerprint density at radius 1 is 1.44 bits per heavy atom. The average molecular weight is 254 g/mol. The van der Waals surface area contributed by atoms with E-state index in [0.29, 0.717) is 5.76 Å². The summed E-state index contributed by atoms with van der Waals surface area (Å²) in [6, 6.07) is 0. The third-order valence-electron chi connectivity index (χ3n) is 2.00. The monoisotopic (exact) mass is 254 g/mol. The summed E-state index contributed by atoms with van der Waals surface area (Å²) in [5.74, 6) is 0.685. The molecule has 0 spiro atoms. The van der Waals surface area contributed by atoms with Gasteiger partial charge < -0.3 is 4.74 Å². The Morgan fingerprint density at radius 2 is 1.94 bits per heavy atom. The molecule has 0 aromatic rings. The average Bonchev–Trinajstić information content (AvgIpc) is 2.09. The Labute approximate surface area is 100 Å². The zero-order chi connectivity index (χ0) is 11.2. The van der Waals surface area contributed by atoms with Crippen LogP contribution >= 0.6 is 0 Å². The molecule has 0 fully saturated rings. The highest BCUT2D eigenvalue weighted by Gasteiger charge is 2.07. The van der Waals surface area contributed by atoms with Crippen molar-refractivity contribution in [2.24, 2.45) is 5.92 Å². The van der Waals surface area contributed by atoms with Gasteiger partial charge in [0.25, 0.3) is 10.1 Å². The van der Waals surface area contributed by atoms with Crippen LogP contribution in [0.1, 0.15) is 41.5 Å². The molecule has 0 aliphatic heterocycles. The summed E-state index contributed by atoms with van der Waals surface area (Å²) in [5.41, 5.74) is 0. The fourth-order valence-corrected chi connectivity index (χ4v) is 1.30. The second-order valence-electron chi connectivity index (χ2n) is 3.26. The van der Waals surface area contributed by atoms with Crippen LogP contribution in [0.5, 0.6) is 0 Å². The van der Waals surface area contributed by atoms with Crippen molar-refractivity contribution >= 4 is 10.1 Å². The van der Waals surface area contributed by atoms with Crippen LogP contribution in [0.4, 0.5) is 0 Å². The van der Waals surface area contributed by atoms with Crippen molar-refractivity contribution in [3.8, 4) is 0 Å². The third kappa shape index (κ3) is 11.5. The third-order valence-corrected chi connectivity index (χ3v) is 2.80. The summed E-state index contributed by atoms with van der Waals surface area (Å²) >= 11 is 0. The van der Waals surface area contributed by atoms with E-state index in [4.69, 9.17) is 9.29 Å². The van der Waals surface area contributed by atoms with Gasteiger partial charge in [-0.2, -0.15) is 8.42 Å². The van der Waals surface area contributed by atoms with Gasteiger partial charge in [0, 0.05) is 5.92 Å². The number of rotatable bonds is 7. The molecule has 0 bridgehead atoms. The molecule has 16 heavy (non-hydrogen) atoms. The molecule has 0 saturated heterocycles. The Hall–Kier alpha value is -0.550. The van der Waals surface area contributed by atoms with Crippen LogP contribution in [-0.4, -0.2) is 25.3 Å². The molecule has 1 atom stereocenters. The first kappa shape index (κ1) is 20.8. The van der Waals surface area contributed by atoms with E-state index in [2.05, 4.69) is 6.58 Å². The molecule has 0 aliphatic rings. The lowest BCUT2D eigenvalue weighted by Gasteiger charge is -2.13. The summed E-state index contributed by atoms with van der Waals surface area (Å²) in [6.07, 6.45) is 1.23. The van der Waals surface area contributed by atoms with Gasteiger partial charge in [0.15, 0.2) is 0 Å². The second-order valence-corrected chi connectivity index (χ2v) is 4.84. The van der Waals surface area contributed by atoms with Gasteiger partial charge in [-0.25, -0.2) is 0 Å². The van der Waals surface area contributed by atoms with Crippen LogP contribution < -0.4 is 0 Å². The molecule has 1 N–H and O–H groups in total. The van der Waals surface area contributed by atoms with Crippen molar-refractivity contribution in [3.05, 3.63) is 12.3 Å². The van der Waals surface area contributed by atoms with Gasteiger partial charge in [-0.1, -0.05) is 35.3 Å². The molecule has 100 valence electrons. The van der Waals surface area contributed by atoms with Crippen molar-refractivity contribution in [1.82, 2.24) is 0 Å². The molecule has 0 aromatic heterocycles. The highest BCUT2D eigenvalue weighted by Crippen LogP contribution is 2.13. The predicted octanol–water partition coefficient (Wildman–Crippen LogP) is 3.11. The van der Waals surface area contributed by atoms with Gasteiger partial charge in [-0.3, -0.25) is 4.55 Å². The summed E-state index contributed by atoms with van der Waals surface area (Å²) in [7, 11) is -3.86. The van der Waals surface area contributed by atoms with Crippen molar-refractivity contribution in [3.63, 3.8) is 0 Å². The van der Waals surface area contributed by atoms with Gasteiger partial charge in [-0.05, 0) is 12.8 Å². The Kier molecular flexibility index (Phi) is 12.6. The van der Waals surface area contributed by atoms with Gasteiger partial charge >= 0.3 is 0 Å². The largest absolute Gasteiger partial charge is 0.498 e. The van der Waals surface area contributed by atoms with Gasteiger partial charge in [0.05, 0.1) is 18.1 Å². The SMILES string of the molecule is C.C.C=C(OCCCS(=O)(=O)O)C(C)CC. The summed E-state index contributed by atoms with van der Waals surface area (Å²) < 4.78 is 34.3. The summed E-state index contributed by atoms with van der Waals surface area (Å²) in [6.45, 7) is 8.02. The first-order chi connectivity index (χ1) is 6.37. The highest BCUT2D eigenvalue weighted by atomic mass is 32.2. The maximum Gasteiger partial charge on any atom is 0.264 e. The number of hydrogen-bond acceptors (Lipinski definition) is 3. The molecule has 5 heteroatoms. The molecule has 0 amide bonds.